The van der Waals surface area contributed by atoms with Crippen LogP contribution in [0, 0.1) is 5.92 Å². The number of alkyl carbamates (subject to hydrolysis) is 2. The largest absolute Gasteiger partial charge is 0.447 e. The molecule has 2 fully saturated rings. The van der Waals surface area contributed by atoms with Crippen LogP contribution in [0.15, 0.2) is 0 Å². The second kappa shape index (κ2) is 32.7. The molecular weight excluding hydrogens is 881 g/mol. The molecule has 64 heavy (non-hydrogen) atoms. The van der Waals surface area contributed by atoms with E-state index >= 15 is 0 Å². The van der Waals surface area contributed by atoms with E-state index in [4.69, 9.17) is 14.2 Å². The maximum absolute atomic E-state index is 12.3. The molecule has 2 aliphatic heterocycles. The number of amides is 10. The highest BCUT2D eigenvalue weighted by Crippen LogP contribution is 2.24. The first-order valence-electron chi connectivity index (χ1n) is 21.2. The smallest absolute Gasteiger partial charge is 0.407 e. The first-order chi connectivity index (χ1) is 30.5. The normalized spacial score (nSPS) is 16.1. The number of hydrogen-bond acceptors (Lipinski definition) is 16. The number of ketones is 1. The maximum Gasteiger partial charge on any atom is 0.407 e. The van der Waals surface area contributed by atoms with Crippen molar-refractivity contribution in [1.82, 2.24) is 41.7 Å². The molecular formula is C40H66N8O14S2. The fraction of sp³-hybridized carbons (Fsp3) is 0.725. The number of unbranched alkanes of at least 4 members (excludes halogenated alkanes) is 1. The van der Waals surface area contributed by atoms with Gasteiger partial charge in [0.2, 0.25) is 47.3 Å². The number of nitrogens with zero attached hydrogens (tertiary/aromatic N) is 2. The van der Waals surface area contributed by atoms with Crippen LogP contribution in [-0.4, -0.2) is 176 Å². The third-order valence-electron chi connectivity index (χ3n) is 9.37. The summed E-state index contributed by atoms with van der Waals surface area (Å²) in [6.07, 6.45) is 3.61. The van der Waals surface area contributed by atoms with Gasteiger partial charge in [-0.2, -0.15) is 23.5 Å². The van der Waals surface area contributed by atoms with E-state index in [0.717, 1.165) is 22.6 Å². The zero-order valence-corrected chi connectivity index (χ0v) is 39.3. The van der Waals surface area contributed by atoms with E-state index in [9.17, 15) is 52.7 Å². The summed E-state index contributed by atoms with van der Waals surface area (Å²) < 4.78 is 15.5. The van der Waals surface area contributed by atoms with Crippen molar-refractivity contribution in [3.8, 4) is 0 Å². The van der Waals surface area contributed by atoms with E-state index in [2.05, 4.69) is 38.8 Å². The van der Waals surface area contributed by atoms with Crippen LogP contribution in [0.1, 0.15) is 79.1 Å². The van der Waals surface area contributed by atoms with E-state index in [-0.39, 0.29) is 132 Å². The van der Waals surface area contributed by atoms with Gasteiger partial charge in [0.05, 0.1) is 10.5 Å². The number of nitrogens with one attached hydrogen (secondary N) is 6. The quantitative estimate of drug-likeness (QED) is 0.0420. The molecule has 0 saturated carbocycles. The number of imide groups is 2. The van der Waals surface area contributed by atoms with Crippen LogP contribution in [-0.2, 0) is 57.4 Å². The van der Waals surface area contributed by atoms with Gasteiger partial charge in [-0.05, 0) is 39.7 Å². The highest BCUT2D eigenvalue weighted by Gasteiger charge is 2.39. The summed E-state index contributed by atoms with van der Waals surface area (Å²) >= 11 is 2.59. The van der Waals surface area contributed by atoms with Crippen LogP contribution < -0.4 is 31.9 Å². The Kier molecular flexibility index (Phi) is 29.1. The summed E-state index contributed by atoms with van der Waals surface area (Å²) in [5.74, 6) is -4.13. The first kappa shape index (κ1) is 57.0. The second-order valence-corrected chi connectivity index (χ2v) is 16.4. The zero-order chi connectivity index (χ0) is 48.0. The van der Waals surface area contributed by atoms with Gasteiger partial charge in [0.15, 0.2) is 0 Å². The molecule has 24 heteroatoms. The number of hydrogen-bond donors (Lipinski definition) is 6. The molecule has 2 saturated heterocycles. The molecule has 6 N–H and O–H groups in total. The Balaban J connectivity index is 0.000000858. The van der Waals surface area contributed by atoms with Gasteiger partial charge in [-0.3, -0.25) is 53.0 Å². The third kappa shape index (κ3) is 23.1. The molecule has 0 aromatic carbocycles. The molecule has 2 atom stereocenters. The lowest BCUT2D eigenvalue weighted by Gasteiger charge is -2.18. The topological polar surface area (TPSA) is 294 Å². The van der Waals surface area contributed by atoms with Gasteiger partial charge in [0.1, 0.15) is 25.1 Å². The summed E-state index contributed by atoms with van der Waals surface area (Å²) in [7, 11) is 0. The van der Waals surface area contributed by atoms with Gasteiger partial charge in [0.25, 0.3) is 0 Å². The van der Waals surface area contributed by atoms with Gasteiger partial charge in [0, 0.05) is 103 Å². The van der Waals surface area contributed by atoms with E-state index < -0.39 is 46.5 Å². The van der Waals surface area contributed by atoms with Crippen molar-refractivity contribution >= 4 is 88.8 Å². The van der Waals surface area contributed by atoms with Crippen LogP contribution in [0.4, 0.5) is 9.59 Å². The molecule has 22 nitrogen and oxygen atoms in total. The van der Waals surface area contributed by atoms with Crippen LogP contribution in [0.2, 0.25) is 0 Å². The molecule has 2 heterocycles. The van der Waals surface area contributed by atoms with Gasteiger partial charge in [-0.25, -0.2) is 9.59 Å². The zero-order valence-electron chi connectivity index (χ0n) is 37.7. The number of carbonyl (C=O) groups is 11. The van der Waals surface area contributed by atoms with Crippen LogP contribution >= 0.6 is 23.5 Å². The molecule has 0 aromatic rings. The number of carbonyl (C=O) groups excluding carboxylic acids is 11. The standard InChI is InChI=1S/C27H40N6O9S2.C13H26N2O5/c1-16(34)17(12-22(37)30-8-6-28-20(35)4-10-32-24(39)14-18(43-2)26(32)41)13-23(38)31-9-7-29-21(36)5-11-33-25(40)15-19(44-3)27(33)42;1-4-7-8-18-11(9-19-12(16)14-5-2)10-20-13(17)15-6-3/h17-19H,4-15H2,1-3H3,(H,28,35)(H,29,36)(H,30,37)(H,31,38);11H,4-10H2,1-3H3,(H,14,16)(H,15,17). The van der Waals surface area contributed by atoms with Gasteiger partial charge >= 0.3 is 12.2 Å². The average molecular weight is 947 g/mol. The third-order valence-corrected chi connectivity index (χ3v) is 11.2. The van der Waals surface area contributed by atoms with Crippen molar-refractivity contribution in [2.24, 2.45) is 5.92 Å². The highest BCUT2D eigenvalue weighted by atomic mass is 32.2. The summed E-state index contributed by atoms with van der Waals surface area (Å²) in [4.78, 5) is 133. The summed E-state index contributed by atoms with van der Waals surface area (Å²) in [5, 5.41) is 14.5. The summed E-state index contributed by atoms with van der Waals surface area (Å²) in [5.41, 5.74) is 0. The molecule has 2 aliphatic rings. The molecule has 2 unspecified atom stereocenters. The Morgan fingerprint density at radius 2 is 1.02 bits per heavy atom. The average Bonchev–Trinajstić information content (AvgIpc) is 3.70. The van der Waals surface area contributed by atoms with Gasteiger partial charge in [-0.15, -0.1) is 0 Å². The van der Waals surface area contributed by atoms with Crippen molar-refractivity contribution in [3.05, 3.63) is 0 Å². The molecule has 0 bridgehead atoms. The molecule has 0 aromatic heterocycles. The van der Waals surface area contributed by atoms with Gasteiger partial charge < -0.3 is 46.1 Å². The van der Waals surface area contributed by atoms with E-state index in [1.54, 1.807) is 26.4 Å². The SMILES string of the molecule is CCCCOC(COC(=O)NCC)COC(=O)NCC.CSC1CC(=O)N(CCC(=O)NCCNC(=O)CC(CC(=O)NCCNC(=O)CCN2C(=O)CC(SC)C2=O)C(C)=O)C1=O. The fourth-order valence-corrected chi connectivity index (χ4v) is 7.05. The Hall–Kier alpha value is -4.97. The Morgan fingerprint density at radius 1 is 0.625 bits per heavy atom. The fourth-order valence-electron chi connectivity index (χ4n) is 5.77. The van der Waals surface area contributed by atoms with Crippen LogP contribution in [0.3, 0.4) is 0 Å². The molecule has 362 valence electrons. The van der Waals surface area contributed by atoms with Crippen molar-refractivity contribution in [3.63, 3.8) is 0 Å². The van der Waals surface area contributed by atoms with Crippen molar-refractivity contribution in [1.29, 1.82) is 0 Å². The highest BCUT2D eigenvalue weighted by molar-refractivity contribution is 8.00. The lowest BCUT2D eigenvalue weighted by atomic mass is 9.96. The maximum atomic E-state index is 12.3. The number of rotatable bonds is 29. The minimum absolute atomic E-state index is 0.0104. The molecule has 2 rings (SSSR count). The van der Waals surface area contributed by atoms with Crippen molar-refractivity contribution in [2.75, 3.05) is 84.7 Å². The predicted molar refractivity (Wildman–Crippen MR) is 237 cm³/mol. The minimum atomic E-state index is -0.861. The number of Topliss-reactive ketones (excluding diaryl/α,β-unsaturated/α-hetero) is 1. The minimum Gasteiger partial charge on any atom is -0.447 e. The lowest BCUT2D eigenvalue weighted by molar-refractivity contribution is -0.140. The summed E-state index contributed by atoms with van der Waals surface area (Å²) in [6, 6.07) is 0. The van der Waals surface area contributed by atoms with Crippen molar-refractivity contribution < 1.29 is 67.0 Å². The molecule has 0 aliphatic carbocycles. The first-order valence-corrected chi connectivity index (χ1v) is 23.8. The summed E-state index contributed by atoms with van der Waals surface area (Å²) in [6.45, 7) is 8.89. The van der Waals surface area contributed by atoms with E-state index in [1.165, 1.54) is 30.4 Å². The Morgan fingerprint density at radius 3 is 1.34 bits per heavy atom. The molecule has 0 spiro atoms. The lowest BCUT2D eigenvalue weighted by Crippen LogP contribution is -2.39. The molecule has 0 radical (unpaired) electrons. The van der Waals surface area contributed by atoms with E-state index in [0.29, 0.717) is 19.7 Å². The monoisotopic (exact) mass is 946 g/mol. The second-order valence-electron chi connectivity index (χ2n) is 14.3. The Bertz CT molecular complexity index is 1500. The number of thioether (sulfide) groups is 2. The number of likely N-dealkylation sites (tertiary alicyclic amines) is 2. The van der Waals surface area contributed by atoms with Crippen LogP contribution in [0.25, 0.3) is 0 Å². The van der Waals surface area contributed by atoms with Crippen LogP contribution in [0.5, 0.6) is 0 Å². The molecule has 10 amide bonds. The number of ether oxygens (including phenoxy) is 3. The van der Waals surface area contributed by atoms with Gasteiger partial charge in [-0.1, -0.05) is 13.3 Å². The predicted octanol–water partition coefficient (Wildman–Crippen LogP) is -0.138. The van der Waals surface area contributed by atoms with Crippen molar-refractivity contribution in [2.45, 2.75) is 95.7 Å². The van der Waals surface area contributed by atoms with E-state index in [1.807, 2.05) is 0 Å². The Labute approximate surface area is 382 Å².